The van der Waals surface area contributed by atoms with E-state index in [0.29, 0.717) is 30.4 Å². The normalized spacial score (nSPS) is 11.0. The predicted molar refractivity (Wildman–Crippen MR) is 136 cm³/mol. The minimum atomic E-state index is -0.172. The Labute approximate surface area is 204 Å². The summed E-state index contributed by atoms with van der Waals surface area (Å²) >= 11 is 0. The van der Waals surface area contributed by atoms with Crippen molar-refractivity contribution in [3.63, 3.8) is 0 Å². The monoisotopic (exact) mass is 471 g/mol. The van der Waals surface area contributed by atoms with E-state index in [1.165, 1.54) is 10.7 Å². The molecule has 0 saturated carbocycles. The molecule has 2 aromatic heterocycles. The molecule has 0 bridgehead atoms. The van der Waals surface area contributed by atoms with Gasteiger partial charge in [-0.25, -0.2) is 14.6 Å². The van der Waals surface area contributed by atoms with Crippen LogP contribution in [0.3, 0.4) is 0 Å². The van der Waals surface area contributed by atoms with Gasteiger partial charge in [-0.3, -0.25) is 4.79 Å². The number of methoxy groups -OCH3 is 1. The maximum atomic E-state index is 12.5. The molecule has 0 aliphatic heterocycles. The Bertz CT molecular complexity index is 1320. The van der Waals surface area contributed by atoms with Crippen LogP contribution in [0.2, 0.25) is 0 Å². The highest BCUT2D eigenvalue weighted by Crippen LogP contribution is 2.22. The summed E-state index contributed by atoms with van der Waals surface area (Å²) in [6.07, 6.45) is 4.31. The van der Waals surface area contributed by atoms with Crippen LogP contribution >= 0.6 is 0 Å². The average Bonchev–Trinajstić information content (AvgIpc) is 2.88. The first kappa shape index (κ1) is 24.1. The molecule has 0 aliphatic rings. The second-order valence-electron chi connectivity index (χ2n) is 8.39. The molecule has 4 aromatic rings. The lowest BCUT2D eigenvalue weighted by molar-refractivity contribution is 0.280. The Morgan fingerprint density at radius 3 is 2.46 bits per heavy atom. The van der Waals surface area contributed by atoms with E-state index in [2.05, 4.69) is 20.0 Å². The van der Waals surface area contributed by atoms with Crippen molar-refractivity contribution < 1.29 is 9.47 Å². The third kappa shape index (κ3) is 6.51. The summed E-state index contributed by atoms with van der Waals surface area (Å²) in [7, 11) is 5.70. The van der Waals surface area contributed by atoms with Gasteiger partial charge >= 0.3 is 0 Å². The van der Waals surface area contributed by atoms with Gasteiger partial charge in [0.1, 0.15) is 5.75 Å². The van der Waals surface area contributed by atoms with Crippen LogP contribution in [0.25, 0.3) is 22.6 Å². The van der Waals surface area contributed by atoms with E-state index in [-0.39, 0.29) is 5.56 Å². The summed E-state index contributed by atoms with van der Waals surface area (Å²) < 4.78 is 12.5. The second kappa shape index (κ2) is 11.4. The Morgan fingerprint density at radius 2 is 1.69 bits per heavy atom. The molecule has 0 N–H and O–H groups in total. The molecule has 35 heavy (non-hydrogen) atoms. The number of nitrogens with zero attached hydrogens (tertiary/aromatic N) is 5. The molecular formula is C27H29N5O3. The zero-order valence-corrected chi connectivity index (χ0v) is 20.2. The van der Waals surface area contributed by atoms with Crippen molar-refractivity contribution in [2.75, 3.05) is 34.4 Å². The highest BCUT2D eigenvalue weighted by molar-refractivity contribution is 5.60. The van der Waals surface area contributed by atoms with Gasteiger partial charge < -0.3 is 14.4 Å². The van der Waals surface area contributed by atoms with Gasteiger partial charge in [0.2, 0.25) is 0 Å². The van der Waals surface area contributed by atoms with E-state index in [1.807, 2.05) is 62.6 Å². The van der Waals surface area contributed by atoms with Gasteiger partial charge in [-0.05, 0) is 50.3 Å². The van der Waals surface area contributed by atoms with Gasteiger partial charge in [-0.2, -0.15) is 5.10 Å². The van der Waals surface area contributed by atoms with Gasteiger partial charge in [0.25, 0.3) is 5.56 Å². The fourth-order valence-electron chi connectivity index (χ4n) is 3.59. The third-order valence-electron chi connectivity index (χ3n) is 5.40. The Kier molecular flexibility index (Phi) is 7.84. The van der Waals surface area contributed by atoms with Crippen LogP contribution < -0.4 is 15.0 Å². The fourth-order valence-corrected chi connectivity index (χ4v) is 3.59. The number of hydrogen-bond donors (Lipinski definition) is 0. The molecule has 0 atom stereocenters. The smallest absolute Gasteiger partial charge is 0.267 e. The summed E-state index contributed by atoms with van der Waals surface area (Å²) in [5, 5.41) is 4.57. The van der Waals surface area contributed by atoms with Crippen molar-refractivity contribution in [3.05, 3.63) is 89.0 Å². The molecule has 0 fully saturated rings. The lowest BCUT2D eigenvalue weighted by Crippen LogP contribution is -2.22. The summed E-state index contributed by atoms with van der Waals surface area (Å²) in [4.78, 5) is 23.5. The molecule has 4 rings (SSSR count). The summed E-state index contributed by atoms with van der Waals surface area (Å²) in [5.41, 5.74) is 3.19. The van der Waals surface area contributed by atoms with Gasteiger partial charge in [0.15, 0.2) is 11.6 Å². The van der Waals surface area contributed by atoms with Gasteiger partial charge in [-0.15, -0.1) is 0 Å². The topological polar surface area (TPSA) is 82.4 Å². The molecule has 8 nitrogen and oxygen atoms in total. The van der Waals surface area contributed by atoms with Crippen LogP contribution in [-0.2, 0) is 6.54 Å². The molecule has 0 aliphatic carbocycles. The highest BCUT2D eigenvalue weighted by Gasteiger charge is 2.08. The average molecular weight is 472 g/mol. The van der Waals surface area contributed by atoms with E-state index in [0.717, 1.165) is 35.4 Å². The zero-order chi connectivity index (χ0) is 24.6. The van der Waals surface area contributed by atoms with Crippen LogP contribution in [0.15, 0.2) is 77.9 Å². The first-order valence-electron chi connectivity index (χ1n) is 11.4. The molecule has 180 valence electrons. The van der Waals surface area contributed by atoms with Gasteiger partial charge in [-0.1, -0.05) is 30.3 Å². The van der Waals surface area contributed by atoms with E-state index in [9.17, 15) is 4.79 Å². The molecular weight excluding hydrogens is 442 g/mol. The lowest BCUT2D eigenvalue weighted by Gasteiger charge is -2.10. The fraction of sp³-hybridized carbons (Fsp3) is 0.259. The number of hydrogen-bond acceptors (Lipinski definition) is 7. The zero-order valence-electron chi connectivity index (χ0n) is 20.2. The number of rotatable bonds is 10. The minimum Gasteiger partial charge on any atom is -0.497 e. The molecule has 2 heterocycles. The summed E-state index contributed by atoms with van der Waals surface area (Å²) in [6, 6.07) is 18.7. The number of aromatic nitrogens is 4. The summed E-state index contributed by atoms with van der Waals surface area (Å²) in [6.45, 7) is 1.91. The SMILES string of the molecule is COc1cccc(-c2ccc(=O)n(Cc3cccc(-c4ncc(OCCCN(C)C)cn4)c3)n2)c1. The first-order valence-corrected chi connectivity index (χ1v) is 11.4. The molecule has 0 spiro atoms. The van der Waals surface area contributed by atoms with E-state index < -0.39 is 0 Å². The number of ether oxygens (including phenoxy) is 2. The number of benzene rings is 2. The maximum absolute atomic E-state index is 12.5. The van der Waals surface area contributed by atoms with Crippen molar-refractivity contribution in [1.29, 1.82) is 0 Å². The van der Waals surface area contributed by atoms with Crippen molar-refractivity contribution in [2.24, 2.45) is 0 Å². The van der Waals surface area contributed by atoms with Crippen molar-refractivity contribution in [1.82, 2.24) is 24.6 Å². The van der Waals surface area contributed by atoms with E-state index >= 15 is 0 Å². The standard InChI is InChI=1S/C27H29N5O3/c1-31(2)13-6-14-35-24-17-28-27(29-18-24)22-9-4-7-20(15-22)19-32-26(33)12-11-25(30-32)21-8-5-10-23(16-21)34-3/h4-5,7-12,15-18H,6,13-14,19H2,1-3H3. The van der Waals surface area contributed by atoms with E-state index in [4.69, 9.17) is 9.47 Å². The Morgan fingerprint density at radius 1 is 0.914 bits per heavy atom. The maximum Gasteiger partial charge on any atom is 0.267 e. The molecule has 0 saturated heterocycles. The second-order valence-corrected chi connectivity index (χ2v) is 8.39. The Hall–Kier alpha value is -4.04. The molecule has 2 aromatic carbocycles. The largest absolute Gasteiger partial charge is 0.497 e. The summed E-state index contributed by atoms with van der Waals surface area (Å²) in [5.74, 6) is 1.98. The van der Waals surface area contributed by atoms with Crippen LogP contribution in [0.5, 0.6) is 11.5 Å². The van der Waals surface area contributed by atoms with Crippen molar-refractivity contribution in [3.8, 4) is 34.1 Å². The third-order valence-corrected chi connectivity index (χ3v) is 5.40. The Balaban J connectivity index is 1.48. The van der Waals surface area contributed by atoms with Crippen LogP contribution in [0.1, 0.15) is 12.0 Å². The quantitative estimate of drug-likeness (QED) is 0.326. The first-order chi connectivity index (χ1) is 17.0. The van der Waals surface area contributed by atoms with Crippen molar-refractivity contribution >= 4 is 0 Å². The van der Waals surface area contributed by atoms with Gasteiger partial charge in [0.05, 0.1) is 38.3 Å². The van der Waals surface area contributed by atoms with Crippen LogP contribution in [0, 0.1) is 0 Å². The molecule has 8 heteroatoms. The van der Waals surface area contributed by atoms with Crippen molar-refractivity contribution in [2.45, 2.75) is 13.0 Å². The lowest BCUT2D eigenvalue weighted by atomic mass is 10.1. The minimum absolute atomic E-state index is 0.172. The van der Waals surface area contributed by atoms with Gasteiger partial charge in [0, 0.05) is 23.7 Å². The molecule has 0 amide bonds. The highest BCUT2D eigenvalue weighted by atomic mass is 16.5. The van der Waals surface area contributed by atoms with Crippen LogP contribution in [0.4, 0.5) is 0 Å². The van der Waals surface area contributed by atoms with E-state index in [1.54, 1.807) is 25.6 Å². The predicted octanol–water partition coefficient (Wildman–Crippen LogP) is 3.75. The molecule has 0 unspecified atom stereocenters. The van der Waals surface area contributed by atoms with Crippen LogP contribution in [-0.4, -0.2) is 59.0 Å². The molecule has 0 radical (unpaired) electrons.